The van der Waals surface area contributed by atoms with Crippen LogP contribution in [0.25, 0.3) is 0 Å². The molecule has 0 rings (SSSR count). The third-order valence-electron chi connectivity index (χ3n) is 3.71. The van der Waals surface area contributed by atoms with Gasteiger partial charge in [0.15, 0.2) is 0 Å². The van der Waals surface area contributed by atoms with Crippen LogP contribution in [0, 0.1) is 22.2 Å². The van der Waals surface area contributed by atoms with E-state index in [1.165, 1.54) is 25.7 Å². The van der Waals surface area contributed by atoms with Gasteiger partial charge in [-0.1, -0.05) is 62.3 Å². The maximum Gasteiger partial charge on any atom is -0.0354 e. The van der Waals surface area contributed by atoms with E-state index in [2.05, 4.69) is 62.3 Å². The van der Waals surface area contributed by atoms with Crippen molar-refractivity contribution in [2.24, 2.45) is 22.2 Å². The van der Waals surface area contributed by atoms with E-state index in [0.717, 1.165) is 5.92 Å². The van der Waals surface area contributed by atoms with E-state index in [0.29, 0.717) is 16.2 Å². The lowest BCUT2D eigenvalue weighted by Gasteiger charge is -2.35. The van der Waals surface area contributed by atoms with Crippen LogP contribution < -0.4 is 0 Å². The fourth-order valence-electron chi connectivity index (χ4n) is 2.22. The normalized spacial score (nSPS) is 14.5. The van der Waals surface area contributed by atoms with Crippen molar-refractivity contribution in [1.29, 1.82) is 0 Å². The summed E-state index contributed by atoms with van der Waals surface area (Å²) in [5.74, 6) is 0.862. The summed E-state index contributed by atoms with van der Waals surface area (Å²) >= 11 is 0. The molecule has 17 heavy (non-hydrogen) atoms. The monoisotopic (exact) mass is 240 g/mol. The Morgan fingerprint density at radius 2 is 0.882 bits per heavy atom. The van der Waals surface area contributed by atoms with Gasteiger partial charge in [0.05, 0.1) is 0 Å². The molecule has 0 radical (unpaired) electrons. The quantitative estimate of drug-likeness (QED) is 0.541. The summed E-state index contributed by atoms with van der Waals surface area (Å²) in [7, 11) is 0. The first kappa shape index (κ1) is 17.0. The van der Waals surface area contributed by atoms with Gasteiger partial charge in [-0.2, -0.15) is 0 Å². The topological polar surface area (TPSA) is 0 Å². The molecule has 0 saturated carbocycles. The molecule has 0 aliphatic carbocycles. The fourth-order valence-corrected chi connectivity index (χ4v) is 2.22. The summed E-state index contributed by atoms with van der Waals surface area (Å²) in [4.78, 5) is 0. The summed E-state index contributed by atoms with van der Waals surface area (Å²) < 4.78 is 0. The highest BCUT2D eigenvalue weighted by Crippen LogP contribution is 2.38. The highest BCUT2D eigenvalue weighted by atomic mass is 14.3. The maximum atomic E-state index is 2.41. The summed E-state index contributed by atoms with van der Waals surface area (Å²) in [5, 5.41) is 0. The smallest absolute Gasteiger partial charge is 0.0354 e. The predicted molar refractivity (Wildman–Crippen MR) is 80.3 cm³/mol. The van der Waals surface area contributed by atoms with Gasteiger partial charge < -0.3 is 0 Å². The zero-order chi connectivity index (χ0) is 13.9. The minimum atomic E-state index is 0.455. The molecular weight excluding hydrogens is 204 g/mol. The van der Waals surface area contributed by atoms with Crippen molar-refractivity contribution >= 4 is 0 Å². The van der Waals surface area contributed by atoms with Crippen molar-refractivity contribution < 1.29 is 0 Å². The zero-order valence-electron chi connectivity index (χ0n) is 13.9. The van der Waals surface area contributed by atoms with Crippen molar-refractivity contribution in [2.45, 2.75) is 88.0 Å². The van der Waals surface area contributed by atoms with Gasteiger partial charge in [-0.15, -0.1) is 0 Å². The molecule has 0 aromatic heterocycles. The molecule has 0 spiro atoms. The van der Waals surface area contributed by atoms with Crippen LogP contribution in [0.2, 0.25) is 0 Å². The lowest BCUT2D eigenvalue weighted by molar-refractivity contribution is 0.164. The lowest BCUT2D eigenvalue weighted by Crippen LogP contribution is -2.24. The van der Waals surface area contributed by atoms with E-state index in [1.807, 2.05) is 0 Å². The second-order valence-corrected chi connectivity index (χ2v) is 9.26. The van der Waals surface area contributed by atoms with Gasteiger partial charge in [-0.05, 0) is 47.8 Å². The van der Waals surface area contributed by atoms with E-state index in [4.69, 9.17) is 0 Å². The minimum absolute atomic E-state index is 0.455. The highest BCUT2D eigenvalue weighted by Gasteiger charge is 2.27. The fraction of sp³-hybridized carbons (Fsp3) is 1.00. The average molecular weight is 240 g/mol. The van der Waals surface area contributed by atoms with Crippen LogP contribution in [0.4, 0.5) is 0 Å². The standard InChI is InChI=1S/C17H36/c1-15(2,3)12-10-14(17(7,8)9)11-13-16(4,5)6/h14H,10-13H2,1-9H3. The van der Waals surface area contributed by atoms with Crippen molar-refractivity contribution in [3.8, 4) is 0 Å². The molecule has 0 unspecified atom stereocenters. The van der Waals surface area contributed by atoms with Gasteiger partial charge in [0.25, 0.3) is 0 Å². The molecule has 0 fully saturated rings. The van der Waals surface area contributed by atoms with Gasteiger partial charge in [-0.3, -0.25) is 0 Å². The minimum Gasteiger partial charge on any atom is -0.0602 e. The Bertz CT molecular complexity index is 186. The molecule has 0 atom stereocenters. The Balaban J connectivity index is 4.37. The Morgan fingerprint density at radius 3 is 1.06 bits per heavy atom. The molecule has 0 amide bonds. The molecule has 0 heterocycles. The van der Waals surface area contributed by atoms with Gasteiger partial charge >= 0.3 is 0 Å². The molecule has 0 aliphatic rings. The average Bonchev–Trinajstić information content (AvgIpc) is 1.96. The zero-order valence-corrected chi connectivity index (χ0v) is 13.9. The molecular formula is C17H36. The molecule has 0 bridgehead atoms. The Morgan fingerprint density at radius 1 is 0.588 bits per heavy atom. The summed E-state index contributed by atoms with van der Waals surface area (Å²) in [6, 6.07) is 0. The summed E-state index contributed by atoms with van der Waals surface area (Å²) in [6.45, 7) is 21.4. The van der Waals surface area contributed by atoms with E-state index >= 15 is 0 Å². The van der Waals surface area contributed by atoms with E-state index in [9.17, 15) is 0 Å². The van der Waals surface area contributed by atoms with Crippen molar-refractivity contribution in [2.75, 3.05) is 0 Å². The lowest BCUT2D eigenvalue weighted by atomic mass is 9.71. The van der Waals surface area contributed by atoms with Crippen LogP contribution >= 0.6 is 0 Å². The van der Waals surface area contributed by atoms with Crippen molar-refractivity contribution in [3.63, 3.8) is 0 Å². The predicted octanol–water partition coefficient (Wildman–Crippen LogP) is 6.30. The Hall–Kier alpha value is 0. The molecule has 0 N–H and O–H groups in total. The summed E-state index contributed by atoms with van der Waals surface area (Å²) in [5.41, 5.74) is 1.41. The second-order valence-electron chi connectivity index (χ2n) is 9.26. The third-order valence-corrected chi connectivity index (χ3v) is 3.71. The van der Waals surface area contributed by atoms with E-state index in [-0.39, 0.29) is 0 Å². The number of hydrogen-bond acceptors (Lipinski definition) is 0. The van der Waals surface area contributed by atoms with Crippen LogP contribution in [0.5, 0.6) is 0 Å². The van der Waals surface area contributed by atoms with Crippen molar-refractivity contribution in [3.05, 3.63) is 0 Å². The van der Waals surface area contributed by atoms with Crippen LogP contribution in [0.15, 0.2) is 0 Å². The van der Waals surface area contributed by atoms with Crippen LogP contribution in [-0.2, 0) is 0 Å². The Labute approximate surface area is 111 Å². The highest BCUT2D eigenvalue weighted by molar-refractivity contribution is 4.78. The number of hydrogen-bond donors (Lipinski definition) is 0. The SMILES string of the molecule is CC(C)(C)CCC(CCC(C)(C)C)C(C)(C)C. The maximum absolute atomic E-state index is 2.41. The second kappa shape index (κ2) is 5.76. The van der Waals surface area contributed by atoms with E-state index < -0.39 is 0 Å². The summed E-state index contributed by atoms with van der Waals surface area (Å²) in [6.07, 6.45) is 5.45. The van der Waals surface area contributed by atoms with Crippen LogP contribution in [0.1, 0.15) is 88.0 Å². The van der Waals surface area contributed by atoms with Crippen LogP contribution in [-0.4, -0.2) is 0 Å². The van der Waals surface area contributed by atoms with Crippen molar-refractivity contribution in [1.82, 2.24) is 0 Å². The van der Waals surface area contributed by atoms with Gasteiger partial charge in [0.1, 0.15) is 0 Å². The molecule has 0 aliphatic heterocycles. The van der Waals surface area contributed by atoms with Gasteiger partial charge in [-0.25, -0.2) is 0 Å². The van der Waals surface area contributed by atoms with Gasteiger partial charge in [0.2, 0.25) is 0 Å². The van der Waals surface area contributed by atoms with Gasteiger partial charge in [0, 0.05) is 0 Å². The molecule has 0 aromatic rings. The first-order valence-electron chi connectivity index (χ1n) is 7.31. The largest absolute Gasteiger partial charge is 0.0602 e. The first-order valence-corrected chi connectivity index (χ1v) is 7.31. The van der Waals surface area contributed by atoms with Crippen LogP contribution in [0.3, 0.4) is 0 Å². The molecule has 0 aromatic carbocycles. The molecule has 0 nitrogen and oxygen atoms in total. The Kier molecular flexibility index (Phi) is 5.76. The first-order chi connectivity index (χ1) is 7.31. The molecule has 104 valence electrons. The van der Waals surface area contributed by atoms with E-state index in [1.54, 1.807) is 0 Å². The number of rotatable bonds is 4. The third kappa shape index (κ3) is 9.68. The molecule has 0 saturated heterocycles. The molecule has 0 heteroatoms.